The van der Waals surface area contributed by atoms with E-state index in [2.05, 4.69) is 29.1 Å². The van der Waals surface area contributed by atoms with E-state index in [4.69, 9.17) is 11.6 Å². The summed E-state index contributed by atoms with van der Waals surface area (Å²) in [6.07, 6.45) is 1.75. The molecule has 1 N–H and O–H groups in total. The number of hydrogen-bond donors (Lipinski definition) is 1. The van der Waals surface area contributed by atoms with E-state index in [0.29, 0.717) is 27.8 Å². The third-order valence-electron chi connectivity index (χ3n) is 4.48. The van der Waals surface area contributed by atoms with Crippen molar-refractivity contribution in [2.75, 3.05) is 5.32 Å². The molecule has 6 heteroatoms. The fourth-order valence-electron chi connectivity index (χ4n) is 3.01. The highest BCUT2D eigenvalue weighted by Gasteiger charge is 2.14. The maximum atomic E-state index is 13.2. The van der Waals surface area contributed by atoms with E-state index in [9.17, 15) is 4.79 Å². The monoisotopic (exact) mass is 390 g/mol. The first-order valence-corrected chi connectivity index (χ1v) is 9.41. The van der Waals surface area contributed by atoms with Crippen LogP contribution in [0.4, 0.5) is 11.6 Å². The zero-order valence-corrected chi connectivity index (χ0v) is 16.3. The molecule has 0 unspecified atom stereocenters. The second-order valence-corrected chi connectivity index (χ2v) is 7.26. The summed E-state index contributed by atoms with van der Waals surface area (Å²) >= 11 is 6.10. The van der Waals surface area contributed by atoms with Crippen LogP contribution in [0.2, 0.25) is 5.02 Å². The van der Waals surface area contributed by atoms with E-state index in [1.807, 2.05) is 42.5 Å². The number of nitrogens with one attached hydrogen (secondary N) is 1. The molecule has 0 fully saturated rings. The van der Waals surface area contributed by atoms with Crippen LogP contribution in [-0.4, -0.2) is 14.5 Å². The third kappa shape index (κ3) is 3.49. The van der Waals surface area contributed by atoms with E-state index in [1.165, 1.54) is 0 Å². The Kier molecular flexibility index (Phi) is 4.84. The largest absolute Gasteiger partial charge is 0.324 e. The number of para-hydroxylation sites is 1. The number of pyridine rings is 1. The summed E-state index contributed by atoms with van der Waals surface area (Å²) in [7, 11) is 0. The van der Waals surface area contributed by atoms with Gasteiger partial charge in [-0.05, 0) is 48.4 Å². The van der Waals surface area contributed by atoms with Crippen molar-refractivity contribution in [3.8, 4) is 5.69 Å². The number of nitrogens with zero attached hydrogens (tertiary/aromatic N) is 3. The molecule has 0 saturated heterocycles. The van der Waals surface area contributed by atoms with Gasteiger partial charge in [-0.25, -0.2) is 9.55 Å². The van der Waals surface area contributed by atoms with Crippen LogP contribution >= 0.6 is 11.6 Å². The number of rotatable bonds is 4. The van der Waals surface area contributed by atoms with E-state index < -0.39 is 0 Å². The summed E-state index contributed by atoms with van der Waals surface area (Å²) < 4.78 is 1.55. The summed E-state index contributed by atoms with van der Waals surface area (Å²) in [6.45, 7) is 4.19. The van der Waals surface area contributed by atoms with E-state index >= 15 is 0 Å². The normalized spacial score (nSPS) is 11.1. The molecular formula is C22H19ClN4O. The molecule has 0 aliphatic carbocycles. The maximum Gasteiger partial charge on any atom is 0.267 e. The lowest BCUT2D eigenvalue weighted by Gasteiger charge is -2.15. The number of halogens is 1. The predicted octanol–water partition coefficient (Wildman–Crippen LogP) is 5.30. The van der Waals surface area contributed by atoms with Crippen LogP contribution in [0, 0.1) is 0 Å². The van der Waals surface area contributed by atoms with Crippen LogP contribution in [0.1, 0.15) is 25.5 Å². The summed E-state index contributed by atoms with van der Waals surface area (Å²) in [4.78, 5) is 22.4. The van der Waals surface area contributed by atoms with Gasteiger partial charge in [0.05, 0.1) is 28.5 Å². The zero-order chi connectivity index (χ0) is 19.7. The third-order valence-corrected chi connectivity index (χ3v) is 4.71. The molecule has 0 amide bonds. The molecule has 140 valence electrons. The van der Waals surface area contributed by atoms with Crippen LogP contribution < -0.4 is 10.9 Å². The Morgan fingerprint density at radius 3 is 2.50 bits per heavy atom. The van der Waals surface area contributed by atoms with Gasteiger partial charge in [0.1, 0.15) is 0 Å². The van der Waals surface area contributed by atoms with Gasteiger partial charge in [-0.15, -0.1) is 0 Å². The Labute approximate surface area is 167 Å². The summed E-state index contributed by atoms with van der Waals surface area (Å²) in [6, 6.07) is 18.4. The van der Waals surface area contributed by atoms with Crippen LogP contribution in [-0.2, 0) is 0 Å². The average Bonchev–Trinajstić information content (AvgIpc) is 2.70. The van der Waals surface area contributed by atoms with Crippen LogP contribution in [0.25, 0.3) is 16.6 Å². The molecule has 5 nitrogen and oxygen atoms in total. The number of fused-ring (bicyclic) bond motifs is 1. The molecule has 0 atom stereocenters. The highest BCUT2D eigenvalue weighted by molar-refractivity contribution is 6.31. The first-order valence-electron chi connectivity index (χ1n) is 9.03. The lowest BCUT2D eigenvalue weighted by atomic mass is 10.1. The van der Waals surface area contributed by atoms with Gasteiger partial charge >= 0.3 is 0 Å². The number of benzene rings is 2. The lowest BCUT2D eigenvalue weighted by molar-refractivity contribution is 0.823. The van der Waals surface area contributed by atoms with Gasteiger partial charge in [-0.1, -0.05) is 43.6 Å². The van der Waals surface area contributed by atoms with Gasteiger partial charge in [0, 0.05) is 10.7 Å². The number of hydrogen-bond acceptors (Lipinski definition) is 4. The average molecular weight is 391 g/mol. The van der Waals surface area contributed by atoms with Crippen molar-refractivity contribution >= 4 is 34.1 Å². The van der Waals surface area contributed by atoms with Crippen LogP contribution in [0.15, 0.2) is 71.7 Å². The fraction of sp³-hybridized carbons (Fsp3) is 0.136. The molecule has 0 bridgehead atoms. The van der Waals surface area contributed by atoms with Crippen molar-refractivity contribution < 1.29 is 0 Å². The zero-order valence-electron chi connectivity index (χ0n) is 15.6. The van der Waals surface area contributed by atoms with Crippen molar-refractivity contribution in [2.24, 2.45) is 0 Å². The predicted molar refractivity (Wildman–Crippen MR) is 114 cm³/mol. The summed E-state index contributed by atoms with van der Waals surface area (Å²) in [5, 5.41) is 4.21. The quantitative estimate of drug-likeness (QED) is 0.513. The Morgan fingerprint density at radius 1 is 1.04 bits per heavy atom. The highest BCUT2D eigenvalue weighted by atomic mass is 35.5. The molecule has 28 heavy (non-hydrogen) atoms. The second kappa shape index (κ2) is 7.44. The molecule has 0 spiro atoms. The van der Waals surface area contributed by atoms with Gasteiger partial charge in [0.2, 0.25) is 5.95 Å². The van der Waals surface area contributed by atoms with Crippen LogP contribution in [0.3, 0.4) is 0 Å². The van der Waals surface area contributed by atoms with Gasteiger partial charge in [-0.2, -0.15) is 0 Å². The minimum Gasteiger partial charge on any atom is -0.324 e. The standard InChI is InChI=1S/C22H19ClN4O/c1-14(2)19-11-9-16(13-24-19)25-22-26-20-10-8-15(23)12-18(20)21(28)27(22)17-6-4-3-5-7-17/h3-14H,1-2H3,(H,25,26). The molecular weight excluding hydrogens is 372 g/mol. The van der Waals surface area contributed by atoms with Crippen molar-refractivity contribution in [2.45, 2.75) is 19.8 Å². The molecule has 0 radical (unpaired) electrons. The number of anilines is 2. The van der Waals surface area contributed by atoms with E-state index in [1.54, 1.807) is 29.0 Å². The minimum absolute atomic E-state index is 0.187. The van der Waals surface area contributed by atoms with Crippen molar-refractivity contribution in [3.05, 3.63) is 87.9 Å². The first kappa shape index (κ1) is 18.2. The highest BCUT2D eigenvalue weighted by Crippen LogP contribution is 2.22. The first-order chi connectivity index (χ1) is 13.5. The molecule has 0 saturated carbocycles. The lowest BCUT2D eigenvalue weighted by Crippen LogP contribution is -2.22. The van der Waals surface area contributed by atoms with Crippen molar-refractivity contribution in [1.82, 2.24) is 14.5 Å². The van der Waals surface area contributed by atoms with Gasteiger partial charge in [0.15, 0.2) is 0 Å². The second-order valence-electron chi connectivity index (χ2n) is 6.82. The maximum absolute atomic E-state index is 13.2. The SMILES string of the molecule is CC(C)c1ccc(Nc2nc3ccc(Cl)cc3c(=O)n2-c2ccccc2)cn1. The fourth-order valence-corrected chi connectivity index (χ4v) is 3.18. The van der Waals surface area contributed by atoms with Gasteiger partial charge < -0.3 is 5.32 Å². The molecule has 4 rings (SSSR count). The summed E-state index contributed by atoms with van der Waals surface area (Å²) in [5.41, 5.74) is 2.88. The van der Waals surface area contributed by atoms with Crippen molar-refractivity contribution in [1.29, 1.82) is 0 Å². The number of aromatic nitrogens is 3. The Balaban J connectivity index is 1.88. The van der Waals surface area contributed by atoms with E-state index in [-0.39, 0.29) is 5.56 Å². The summed E-state index contributed by atoms with van der Waals surface area (Å²) in [5.74, 6) is 0.769. The molecule has 0 aliphatic heterocycles. The topological polar surface area (TPSA) is 59.8 Å². The Hall–Kier alpha value is -3.18. The molecule has 0 aliphatic rings. The Bertz CT molecular complexity index is 1190. The van der Waals surface area contributed by atoms with Gasteiger partial charge in [-0.3, -0.25) is 9.78 Å². The molecule has 2 aromatic carbocycles. The molecule has 4 aromatic rings. The molecule has 2 aromatic heterocycles. The Morgan fingerprint density at radius 2 is 1.82 bits per heavy atom. The van der Waals surface area contributed by atoms with Crippen LogP contribution in [0.5, 0.6) is 0 Å². The smallest absolute Gasteiger partial charge is 0.267 e. The van der Waals surface area contributed by atoms with Gasteiger partial charge in [0.25, 0.3) is 5.56 Å². The molecule has 2 heterocycles. The van der Waals surface area contributed by atoms with Crippen molar-refractivity contribution in [3.63, 3.8) is 0 Å². The van der Waals surface area contributed by atoms with E-state index in [0.717, 1.165) is 17.1 Å². The minimum atomic E-state index is -0.187.